The highest BCUT2D eigenvalue weighted by molar-refractivity contribution is 5.48. The van der Waals surface area contributed by atoms with Gasteiger partial charge in [0.2, 0.25) is 0 Å². The quantitative estimate of drug-likeness (QED) is 0.920. The number of fused-ring (bicyclic) bond motifs is 1. The van der Waals surface area contributed by atoms with Crippen LogP contribution in [0.15, 0.2) is 48.5 Å². The summed E-state index contributed by atoms with van der Waals surface area (Å²) in [4.78, 5) is 0. The van der Waals surface area contributed by atoms with Crippen molar-refractivity contribution in [3.05, 3.63) is 65.2 Å². The average Bonchev–Trinajstić information content (AvgIpc) is 2.48. The molecular formula is C19H22O2. The Bertz CT molecular complexity index is 633. The SMILES string of the molecule is CC(C)Oc1ccccc1C1(O)CCCc2ccccc21. The standard InChI is InChI=1S/C19H22O2/c1-14(2)21-18-12-6-5-11-17(18)19(20)13-7-9-15-8-3-4-10-16(15)19/h3-6,8,10-12,14,20H,7,9,13H2,1-2H3. The fourth-order valence-corrected chi connectivity index (χ4v) is 3.26. The van der Waals surface area contributed by atoms with Gasteiger partial charge in [-0.25, -0.2) is 0 Å². The van der Waals surface area contributed by atoms with Crippen LogP contribution in [0.25, 0.3) is 0 Å². The van der Waals surface area contributed by atoms with E-state index < -0.39 is 5.60 Å². The number of benzene rings is 2. The summed E-state index contributed by atoms with van der Waals surface area (Å²) in [7, 11) is 0. The van der Waals surface area contributed by atoms with Gasteiger partial charge >= 0.3 is 0 Å². The maximum Gasteiger partial charge on any atom is 0.126 e. The van der Waals surface area contributed by atoms with Gasteiger partial charge in [0.15, 0.2) is 0 Å². The largest absolute Gasteiger partial charge is 0.491 e. The molecule has 1 atom stereocenters. The molecule has 1 unspecified atom stereocenters. The molecule has 1 N–H and O–H groups in total. The zero-order valence-electron chi connectivity index (χ0n) is 12.7. The van der Waals surface area contributed by atoms with Gasteiger partial charge in [0.05, 0.1) is 6.10 Å². The van der Waals surface area contributed by atoms with Crippen LogP contribution in [0.2, 0.25) is 0 Å². The smallest absolute Gasteiger partial charge is 0.126 e. The van der Waals surface area contributed by atoms with E-state index in [-0.39, 0.29) is 6.10 Å². The molecule has 110 valence electrons. The topological polar surface area (TPSA) is 29.5 Å². The summed E-state index contributed by atoms with van der Waals surface area (Å²) >= 11 is 0. The molecule has 0 aliphatic heterocycles. The van der Waals surface area contributed by atoms with Gasteiger partial charge in [-0.2, -0.15) is 0 Å². The van der Waals surface area contributed by atoms with Crippen molar-refractivity contribution in [2.45, 2.75) is 44.8 Å². The average molecular weight is 282 g/mol. The third-order valence-corrected chi connectivity index (χ3v) is 4.14. The Balaban J connectivity index is 2.12. The zero-order chi connectivity index (χ0) is 14.9. The molecule has 21 heavy (non-hydrogen) atoms. The molecule has 3 rings (SSSR count). The van der Waals surface area contributed by atoms with Crippen LogP contribution in [0.5, 0.6) is 5.75 Å². The van der Waals surface area contributed by atoms with Crippen LogP contribution in [-0.2, 0) is 12.0 Å². The molecule has 0 saturated heterocycles. The number of aryl methyl sites for hydroxylation is 1. The first kappa shape index (κ1) is 14.2. The first-order valence-electron chi connectivity index (χ1n) is 7.68. The predicted octanol–water partition coefficient (Wildman–Crippen LogP) is 4.05. The van der Waals surface area contributed by atoms with Crippen LogP contribution >= 0.6 is 0 Å². The second-order valence-electron chi connectivity index (χ2n) is 6.03. The van der Waals surface area contributed by atoms with Gasteiger partial charge in [-0.1, -0.05) is 42.5 Å². The zero-order valence-corrected chi connectivity index (χ0v) is 12.7. The van der Waals surface area contributed by atoms with Gasteiger partial charge in [-0.15, -0.1) is 0 Å². The maximum atomic E-state index is 11.4. The fraction of sp³-hybridized carbons (Fsp3) is 0.368. The van der Waals surface area contributed by atoms with Crippen molar-refractivity contribution in [1.29, 1.82) is 0 Å². The Hall–Kier alpha value is -1.80. The maximum absolute atomic E-state index is 11.4. The summed E-state index contributed by atoms with van der Waals surface area (Å²) in [6.07, 6.45) is 2.85. The van der Waals surface area contributed by atoms with Crippen molar-refractivity contribution < 1.29 is 9.84 Å². The molecule has 1 aliphatic carbocycles. The summed E-state index contributed by atoms with van der Waals surface area (Å²) in [5.41, 5.74) is 2.20. The van der Waals surface area contributed by atoms with Crippen LogP contribution < -0.4 is 4.74 Å². The third-order valence-electron chi connectivity index (χ3n) is 4.14. The third kappa shape index (κ3) is 2.56. The van der Waals surface area contributed by atoms with E-state index in [0.29, 0.717) is 0 Å². The van der Waals surface area contributed by atoms with Crippen LogP contribution in [0.1, 0.15) is 43.4 Å². The predicted molar refractivity (Wildman–Crippen MR) is 84.6 cm³/mol. The number of aliphatic hydroxyl groups is 1. The van der Waals surface area contributed by atoms with Gasteiger partial charge < -0.3 is 9.84 Å². The molecule has 2 aromatic rings. The minimum Gasteiger partial charge on any atom is -0.491 e. The highest BCUT2D eigenvalue weighted by atomic mass is 16.5. The van der Waals surface area contributed by atoms with E-state index in [1.165, 1.54) is 5.56 Å². The van der Waals surface area contributed by atoms with Crippen LogP contribution in [0, 0.1) is 0 Å². The van der Waals surface area contributed by atoms with Crippen molar-refractivity contribution >= 4 is 0 Å². The number of hydrogen-bond acceptors (Lipinski definition) is 2. The molecule has 0 amide bonds. The van der Waals surface area contributed by atoms with E-state index >= 15 is 0 Å². The Morgan fingerprint density at radius 1 is 1.00 bits per heavy atom. The Labute approximate surface area is 126 Å². The first-order valence-corrected chi connectivity index (χ1v) is 7.68. The first-order chi connectivity index (χ1) is 10.1. The lowest BCUT2D eigenvalue weighted by atomic mass is 9.75. The summed E-state index contributed by atoms with van der Waals surface area (Å²) in [6.45, 7) is 4.02. The molecule has 1 aliphatic rings. The number of rotatable bonds is 3. The molecule has 0 radical (unpaired) electrons. The second-order valence-corrected chi connectivity index (χ2v) is 6.03. The Morgan fingerprint density at radius 2 is 1.67 bits per heavy atom. The lowest BCUT2D eigenvalue weighted by Gasteiger charge is -2.36. The minimum absolute atomic E-state index is 0.0913. The summed E-state index contributed by atoms with van der Waals surface area (Å²) in [6, 6.07) is 16.1. The molecule has 0 saturated carbocycles. The van der Waals surface area contributed by atoms with Crippen molar-refractivity contribution in [3.63, 3.8) is 0 Å². The molecule has 0 heterocycles. The highest BCUT2D eigenvalue weighted by Gasteiger charge is 2.38. The van der Waals surface area contributed by atoms with Gasteiger partial charge in [-0.05, 0) is 50.3 Å². The molecule has 0 fully saturated rings. The Kier molecular flexibility index (Phi) is 3.73. The summed E-state index contributed by atoms with van der Waals surface area (Å²) < 4.78 is 5.92. The van der Waals surface area contributed by atoms with Crippen LogP contribution in [-0.4, -0.2) is 11.2 Å². The van der Waals surface area contributed by atoms with E-state index in [2.05, 4.69) is 6.07 Å². The normalized spacial score (nSPS) is 21.1. The van der Waals surface area contributed by atoms with E-state index in [4.69, 9.17) is 4.74 Å². The molecule has 2 aromatic carbocycles. The van der Waals surface area contributed by atoms with Gasteiger partial charge in [0.25, 0.3) is 0 Å². The van der Waals surface area contributed by atoms with Gasteiger partial charge in [0, 0.05) is 5.56 Å². The van der Waals surface area contributed by atoms with E-state index in [1.54, 1.807) is 0 Å². The molecular weight excluding hydrogens is 260 g/mol. The van der Waals surface area contributed by atoms with Gasteiger partial charge in [0.1, 0.15) is 11.4 Å². The van der Waals surface area contributed by atoms with Crippen LogP contribution in [0.3, 0.4) is 0 Å². The van der Waals surface area contributed by atoms with Crippen LogP contribution in [0.4, 0.5) is 0 Å². The molecule has 2 heteroatoms. The monoisotopic (exact) mass is 282 g/mol. The minimum atomic E-state index is -0.944. The van der Waals surface area contributed by atoms with E-state index in [0.717, 1.165) is 36.1 Å². The van der Waals surface area contributed by atoms with E-state index in [1.807, 2.05) is 56.3 Å². The molecule has 0 aromatic heterocycles. The summed E-state index contributed by atoms with van der Waals surface area (Å²) in [5, 5.41) is 11.4. The second kappa shape index (κ2) is 5.53. The highest BCUT2D eigenvalue weighted by Crippen LogP contribution is 2.43. The van der Waals surface area contributed by atoms with Crippen molar-refractivity contribution in [2.24, 2.45) is 0 Å². The molecule has 0 spiro atoms. The summed E-state index contributed by atoms with van der Waals surface area (Å²) in [5.74, 6) is 0.784. The Morgan fingerprint density at radius 3 is 2.43 bits per heavy atom. The van der Waals surface area contributed by atoms with Gasteiger partial charge in [-0.3, -0.25) is 0 Å². The van der Waals surface area contributed by atoms with Crippen molar-refractivity contribution in [1.82, 2.24) is 0 Å². The fourth-order valence-electron chi connectivity index (χ4n) is 3.26. The van der Waals surface area contributed by atoms with E-state index in [9.17, 15) is 5.11 Å². The van der Waals surface area contributed by atoms with Crippen molar-refractivity contribution in [2.75, 3.05) is 0 Å². The lowest BCUT2D eigenvalue weighted by molar-refractivity contribution is 0.0570. The number of para-hydroxylation sites is 1. The number of hydrogen-bond donors (Lipinski definition) is 1. The molecule has 0 bridgehead atoms. The molecule has 2 nitrogen and oxygen atoms in total. The van der Waals surface area contributed by atoms with Crippen molar-refractivity contribution in [3.8, 4) is 5.75 Å². The lowest BCUT2D eigenvalue weighted by Crippen LogP contribution is -2.32. The number of ether oxygens (including phenoxy) is 1.